The molecule has 0 bridgehead atoms. The number of anilines is 1. The molecule has 0 aliphatic carbocycles. The molecule has 20 heavy (non-hydrogen) atoms. The molecule has 6 heteroatoms. The highest BCUT2D eigenvalue weighted by molar-refractivity contribution is 7.80. The van der Waals surface area contributed by atoms with Crippen molar-refractivity contribution in [2.45, 2.75) is 0 Å². The van der Waals surface area contributed by atoms with Crippen LogP contribution in [0.5, 0.6) is 0 Å². The van der Waals surface area contributed by atoms with E-state index in [2.05, 4.69) is 15.8 Å². The van der Waals surface area contributed by atoms with E-state index in [1.54, 1.807) is 24.3 Å². The van der Waals surface area contributed by atoms with Gasteiger partial charge in [-0.15, -0.1) is 0 Å². The molecule has 0 unspecified atom stereocenters. The number of benzene rings is 2. The van der Waals surface area contributed by atoms with E-state index in [0.29, 0.717) is 5.69 Å². The zero-order chi connectivity index (χ0) is 14.4. The summed E-state index contributed by atoms with van der Waals surface area (Å²) in [5.41, 5.74) is 4.00. The maximum atomic E-state index is 12.7. The van der Waals surface area contributed by atoms with Gasteiger partial charge >= 0.3 is 0 Å². The van der Waals surface area contributed by atoms with Gasteiger partial charge in [-0.25, -0.2) is 8.78 Å². The van der Waals surface area contributed by atoms with Gasteiger partial charge < -0.3 is 5.32 Å². The van der Waals surface area contributed by atoms with Crippen molar-refractivity contribution in [3.63, 3.8) is 0 Å². The van der Waals surface area contributed by atoms with Gasteiger partial charge in [-0.1, -0.05) is 12.1 Å². The number of thiocarbonyl (C=S) groups is 1. The van der Waals surface area contributed by atoms with Crippen LogP contribution in [0.25, 0.3) is 0 Å². The maximum Gasteiger partial charge on any atom is 0.191 e. The molecule has 2 rings (SSSR count). The Hall–Kier alpha value is -2.34. The first-order valence-corrected chi connectivity index (χ1v) is 6.15. The lowest BCUT2D eigenvalue weighted by molar-refractivity contribution is 0.627. The number of rotatable bonds is 3. The molecule has 0 radical (unpaired) electrons. The lowest BCUT2D eigenvalue weighted by atomic mass is 10.2. The largest absolute Gasteiger partial charge is 0.331 e. The van der Waals surface area contributed by atoms with Gasteiger partial charge in [-0.2, -0.15) is 5.10 Å². The minimum atomic E-state index is -0.316. The average molecular weight is 291 g/mol. The molecule has 0 aliphatic heterocycles. The van der Waals surface area contributed by atoms with Crippen molar-refractivity contribution >= 4 is 29.2 Å². The van der Waals surface area contributed by atoms with Crippen LogP contribution >= 0.6 is 12.2 Å². The second kappa shape index (κ2) is 6.72. The van der Waals surface area contributed by atoms with Gasteiger partial charge in [-0.05, 0) is 54.2 Å². The van der Waals surface area contributed by atoms with Crippen molar-refractivity contribution in [2.24, 2.45) is 5.10 Å². The molecule has 3 nitrogen and oxygen atoms in total. The van der Waals surface area contributed by atoms with Crippen LogP contribution in [0.2, 0.25) is 0 Å². The summed E-state index contributed by atoms with van der Waals surface area (Å²) in [6.07, 6.45) is 1.51. The van der Waals surface area contributed by atoms with Crippen molar-refractivity contribution in [3.05, 3.63) is 65.7 Å². The molecule has 0 saturated heterocycles. The summed E-state index contributed by atoms with van der Waals surface area (Å²) in [6.45, 7) is 0. The maximum absolute atomic E-state index is 12.7. The van der Waals surface area contributed by atoms with E-state index in [4.69, 9.17) is 12.2 Å². The highest BCUT2D eigenvalue weighted by atomic mass is 32.1. The number of hydrogen-bond donors (Lipinski definition) is 2. The Balaban J connectivity index is 1.85. The first-order valence-electron chi connectivity index (χ1n) is 5.75. The smallest absolute Gasteiger partial charge is 0.191 e. The summed E-state index contributed by atoms with van der Waals surface area (Å²) in [4.78, 5) is 0. The van der Waals surface area contributed by atoms with Crippen molar-refractivity contribution in [3.8, 4) is 0 Å². The van der Waals surface area contributed by atoms with Crippen LogP contribution in [0.4, 0.5) is 14.5 Å². The fraction of sp³-hybridized carbons (Fsp3) is 0. The summed E-state index contributed by atoms with van der Waals surface area (Å²) in [6, 6.07) is 11.7. The van der Waals surface area contributed by atoms with Crippen LogP contribution < -0.4 is 10.7 Å². The molecule has 102 valence electrons. The van der Waals surface area contributed by atoms with E-state index < -0.39 is 0 Å². The van der Waals surface area contributed by atoms with E-state index in [-0.39, 0.29) is 16.7 Å². The first-order chi connectivity index (χ1) is 9.63. The van der Waals surface area contributed by atoms with Crippen LogP contribution in [0, 0.1) is 11.6 Å². The molecular formula is C14H11F2N3S. The second-order valence-electron chi connectivity index (χ2n) is 3.88. The summed E-state index contributed by atoms with van der Waals surface area (Å²) in [5, 5.41) is 7.03. The normalized spacial score (nSPS) is 10.5. The lowest BCUT2D eigenvalue weighted by Gasteiger charge is -2.06. The van der Waals surface area contributed by atoms with Crippen molar-refractivity contribution in [1.29, 1.82) is 0 Å². The van der Waals surface area contributed by atoms with Crippen molar-refractivity contribution in [2.75, 3.05) is 5.32 Å². The Labute approximate surface area is 120 Å². The quantitative estimate of drug-likeness (QED) is 0.517. The number of hydrogen-bond acceptors (Lipinski definition) is 2. The molecule has 0 aromatic heterocycles. The number of nitrogens with one attached hydrogen (secondary N) is 2. The van der Waals surface area contributed by atoms with Gasteiger partial charge in [0.1, 0.15) is 11.6 Å². The molecular weight excluding hydrogens is 280 g/mol. The minimum Gasteiger partial charge on any atom is -0.331 e. The molecule has 2 aromatic carbocycles. The van der Waals surface area contributed by atoms with Crippen LogP contribution in [0.3, 0.4) is 0 Å². The monoisotopic (exact) mass is 291 g/mol. The predicted molar refractivity (Wildman–Crippen MR) is 79.8 cm³/mol. The summed E-state index contributed by atoms with van der Waals surface area (Å²) >= 11 is 5.02. The van der Waals surface area contributed by atoms with E-state index in [1.807, 2.05) is 0 Å². The van der Waals surface area contributed by atoms with Crippen molar-refractivity contribution in [1.82, 2.24) is 5.43 Å². The fourth-order valence-electron chi connectivity index (χ4n) is 1.41. The Morgan fingerprint density at radius 3 is 2.10 bits per heavy atom. The van der Waals surface area contributed by atoms with Gasteiger partial charge in [-0.3, -0.25) is 5.43 Å². The first kappa shape index (κ1) is 14.1. The van der Waals surface area contributed by atoms with Crippen LogP contribution in [0.15, 0.2) is 53.6 Å². The standard InChI is InChI=1S/C14H11F2N3S/c15-11-3-1-10(2-4-11)9-17-19-14(20)18-13-7-5-12(16)6-8-13/h1-9H,(H2,18,19,20)/b17-9-. The third-order valence-corrected chi connectivity index (χ3v) is 2.55. The molecule has 2 N–H and O–H groups in total. The highest BCUT2D eigenvalue weighted by Crippen LogP contribution is 2.07. The zero-order valence-electron chi connectivity index (χ0n) is 10.3. The molecule has 0 fully saturated rings. The van der Waals surface area contributed by atoms with Gasteiger partial charge in [0.15, 0.2) is 5.11 Å². The molecule has 0 saturated carbocycles. The van der Waals surface area contributed by atoms with Crippen molar-refractivity contribution < 1.29 is 8.78 Å². The van der Waals surface area contributed by atoms with E-state index in [0.717, 1.165) is 5.56 Å². The summed E-state index contributed by atoms with van der Waals surface area (Å²) in [7, 11) is 0. The third kappa shape index (κ3) is 4.40. The Bertz CT molecular complexity index is 609. The zero-order valence-corrected chi connectivity index (χ0v) is 11.1. The molecule has 0 amide bonds. The van der Waals surface area contributed by atoms with E-state index in [9.17, 15) is 8.78 Å². The number of hydrazone groups is 1. The van der Waals surface area contributed by atoms with Gasteiger partial charge in [0.25, 0.3) is 0 Å². The SMILES string of the molecule is Fc1ccc(/C=N\NC(=S)Nc2ccc(F)cc2)cc1. The molecule has 0 heterocycles. The summed E-state index contributed by atoms with van der Waals surface area (Å²) in [5.74, 6) is -0.618. The van der Waals surface area contributed by atoms with Crippen LogP contribution in [-0.2, 0) is 0 Å². The van der Waals surface area contributed by atoms with Gasteiger partial charge in [0.2, 0.25) is 0 Å². The Kier molecular flexibility index (Phi) is 4.73. The predicted octanol–water partition coefficient (Wildman–Crippen LogP) is 3.29. The fourth-order valence-corrected chi connectivity index (χ4v) is 1.58. The van der Waals surface area contributed by atoms with E-state index >= 15 is 0 Å². The summed E-state index contributed by atoms with van der Waals surface area (Å²) < 4.78 is 25.4. The Morgan fingerprint density at radius 1 is 0.950 bits per heavy atom. The second-order valence-corrected chi connectivity index (χ2v) is 4.29. The van der Waals surface area contributed by atoms with Crippen LogP contribution in [-0.4, -0.2) is 11.3 Å². The van der Waals surface area contributed by atoms with Gasteiger partial charge in [0, 0.05) is 5.69 Å². The molecule has 2 aromatic rings. The molecule has 0 atom stereocenters. The number of halogens is 2. The average Bonchev–Trinajstić information content (AvgIpc) is 2.44. The third-order valence-electron chi connectivity index (χ3n) is 2.35. The number of nitrogens with zero attached hydrogens (tertiary/aromatic N) is 1. The Morgan fingerprint density at radius 2 is 1.50 bits per heavy atom. The highest BCUT2D eigenvalue weighted by Gasteiger charge is 1.96. The molecule has 0 aliphatic rings. The minimum absolute atomic E-state index is 0.273. The lowest BCUT2D eigenvalue weighted by Crippen LogP contribution is -2.23. The topological polar surface area (TPSA) is 36.4 Å². The molecule has 0 spiro atoms. The van der Waals surface area contributed by atoms with Crippen LogP contribution in [0.1, 0.15) is 5.56 Å². The van der Waals surface area contributed by atoms with E-state index in [1.165, 1.54) is 30.5 Å². The van der Waals surface area contributed by atoms with Gasteiger partial charge in [0.05, 0.1) is 6.21 Å².